The van der Waals surface area contributed by atoms with Gasteiger partial charge in [-0.2, -0.15) is 0 Å². The summed E-state index contributed by atoms with van der Waals surface area (Å²) < 4.78 is 10.6. The van der Waals surface area contributed by atoms with E-state index in [1.807, 2.05) is 24.3 Å². The van der Waals surface area contributed by atoms with E-state index >= 15 is 0 Å². The molecule has 0 aliphatic heterocycles. The van der Waals surface area contributed by atoms with Crippen molar-refractivity contribution in [2.24, 2.45) is 5.11 Å². The predicted molar refractivity (Wildman–Crippen MR) is 65.9 cm³/mol. The Morgan fingerprint density at radius 2 is 2.00 bits per heavy atom. The van der Waals surface area contributed by atoms with Crippen LogP contribution in [0.1, 0.15) is 18.4 Å². The zero-order valence-corrected chi connectivity index (χ0v) is 10.0. The van der Waals surface area contributed by atoms with E-state index in [9.17, 15) is 0 Å². The molecule has 0 atom stereocenters. The maximum absolute atomic E-state index is 8.08. The molecule has 1 aromatic rings. The van der Waals surface area contributed by atoms with Gasteiger partial charge in [0.05, 0.1) is 13.7 Å². The molecule has 0 aromatic heterocycles. The molecule has 17 heavy (non-hydrogen) atoms. The Morgan fingerprint density at radius 1 is 1.24 bits per heavy atom. The summed E-state index contributed by atoms with van der Waals surface area (Å²) in [5.74, 6) is 0.850. The predicted octanol–water partition coefficient (Wildman–Crippen LogP) is 3.30. The van der Waals surface area contributed by atoms with E-state index in [2.05, 4.69) is 10.0 Å². The average molecular weight is 235 g/mol. The number of unbranched alkanes of at least 4 members (excludes halogenated alkanes) is 1. The molecule has 0 aliphatic carbocycles. The first-order valence-electron chi connectivity index (χ1n) is 5.58. The van der Waals surface area contributed by atoms with Gasteiger partial charge in [-0.3, -0.25) is 0 Å². The second-order valence-electron chi connectivity index (χ2n) is 3.56. The van der Waals surface area contributed by atoms with E-state index in [0.29, 0.717) is 19.8 Å². The SMILES string of the molecule is COc1ccc(COCCCCN=[N+]=[N-])cc1. The summed E-state index contributed by atoms with van der Waals surface area (Å²) in [6.07, 6.45) is 1.78. The lowest BCUT2D eigenvalue weighted by molar-refractivity contribution is 0.117. The lowest BCUT2D eigenvalue weighted by atomic mass is 10.2. The fourth-order valence-corrected chi connectivity index (χ4v) is 1.34. The van der Waals surface area contributed by atoms with E-state index in [1.165, 1.54) is 0 Å². The molecule has 5 heteroatoms. The fraction of sp³-hybridized carbons (Fsp3) is 0.500. The van der Waals surface area contributed by atoms with Crippen molar-refractivity contribution >= 4 is 0 Å². The van der Waals surface area contributed by atoms with E-state index in [-0.39, 0.29) is 0 Å². The number of hydrogen-bond donors (Lipinski definition) is 0. The Labute approximate surface area is 101 Å². The highest BCUT2D eigenvalue weighted by atomic mass is 16.5. The van der Waals surface area contributed by atoms with Crippen LogP contribution < -0.4 is 4.74 Å². The van der Waals surface area contributed by atoms with Crippen LogP contribution in [0.25, 0.3) is 10.4 Å². The zero-order chi connectivity index (χ0) is 12.3. The van der Waals surface area contributed by atoms with Gasteiger partial charge in [0.15, 0.2) is 0 Å². The van der Waals surface area contributed by atoms with Crippen LogP contribution in [-0.2, 0) is 11.3 Å². The Hall–Kier alpha value is -1.71. The molecular weight excluding hydrogens is 218 g/mol. The monoisotopic (exact) mass is 235 g/mol. The first-order chi connectivity index (χ1) is 8.36. The maximum atomic E-state index is 8.08. The summed E-state index contributed by atoms with van der Waals surface area (Å²) >= 11 is 0. The van der Waals surface area contributed by atoms with Crippen molar-refractivity contribution in [3.8, 4) is 5.75 Å². The Morgan fingerprint density at radius 3 is 2.65 bits per heavy atom. The van der Waals surface area contributed by atoms with Crippen molar-refractivity contribution in [3.05, 3.63) is 40.3 Å². The number of methoxy groups -OCH3 is 1. The summed E-state index contributed by atoms with van der Waals surface area (Å²) in [7, 11) is 1.65. The van der Waals surface area contributed by atoms with Crippen LogP contribution in [0, 0.1) is 0 Å². The van der Waals surface area contributed by atoms with Crippen molar-refractivity contribution in [1.82, 2.24) is 0 Å². The number of ether oxygens (including phenoxy) is 2. The van der Waals surface area contributed by atoms with Gasteiger partial charge in [0, 0.05) is 18.1 Å². The molecule has 0 heterocycles. The lowest BCUT2D eigenvalue weighted by Gasteiger charge is -2.05. The van der Waals surface area contributed by atoms with Crippen molar-refractivity contribution < 1.29 is 9.47 Å². The summed E-state index contributed by atoms with van der Waals surface area (Å²) in [6.45, 7) is 1.83. The van der Waals surface area contributed by atoms with Crippen LogP contribution in [0.3, 0.4) is 0 Å². The molecule has 0 unspecified atom stereocenters. The first-order valence-corrected chi connectivity index (χ1v) is 5.58. The van der Waals surface area contributed by atoms with E-state index in [0.717, 1.165) is 24.2 Å². The molecule has 5 nitrogen and oxygen atoms in total. The zero-order valence-electron chi connectivity index (χ0n) is 10.0. The van der Waals surface area contributed by atoms with Gasteiger partial charge in [-0.25, -0.2) is 0 Å². The molecular formula is C12H17N3O2. The van der Waals surface area contributed by atoms with E-state index in [4.69, 9.17) is 15.0 Å². The minimum Gasteiger partial charge on any atom is -0.497 e. The molecule has 0 N–H and O–H groups in total. The van der Waals surface area contributed by atoms with Crippen molar-refractivity contribution in [3.63, 3.8) is 0 Å². The maximum Gasteiger partial charge on any atom is 0.118 e. The minimum atomic E-state index is 0.544. The third kappa shape index (κ3) is 5.80. The van der Waals surface area contributed by atoms with Gasteiger partial charge < -0.3 is 9.47 Å². The van der Waals surface area contributed by atoms with Gasteiger partial charge in [0.1, 0.15) is 5.75 Å². The van der Waals surface area contributed by atoms with Gasteiger partial charge >= 0.3 is 0 Å². The van der Waals surface area contributed by atoms with Gasteiger partial charge in [0.25, 0.3) is 0 Å². The highest BCUT2D eigenvalue weighted by Crippen LogP contribution is 2.11. The van der Waals surface area contributed by atoms with Crippen LogP contribution in [0.2, 0.25) is 0 Å². The molecule has 1 aromatic carbocycles. The molecule has 0 bridgehead atoms. The van der Waals surface area contributed by atoms with E-state index < -0.39 is 0 Å². The van der Waals surface area contributed by atoms with Gasteiger partial charge in [-0.15, -0.1) is 0 Å². The molecule has 1 rings (SSSR count). The largest absolute Gasteiger partial charge is 0.497 e. The lowest BCUT2D eigenvalue weighted by Crippen LogP contribution is -1.96. The van der Waals surface area contributed by atoms with Gasteiger partial charge in [-0.05, 0) is 36.1 Å². The summed E-state index contributed by atoms with van der Waals surface area (Å²) in [6, 6.07) is 7.80. The molecule has 92 valence electrons. The normalized spacial score (nSPS) is 9.71. The summed E-state index contributed by atoms with van der Waals surface area (Å²) in [5.41, 5.74) is 9.20. The Kier molecular flexibility index (Phi) is 6.63. The highest BCUT2D eigenvalue weighted by Gasteiger charge is 1.95. The van der Waals surface area contributed by atoms with Crippen LogP contribution in [0.5, 0.6) is 5.75 Å². The Bertz CT molecular complexity index is 359. The number of hydrogen-bond acceptors (Lipinski definition) is 3. The fourth-order valence-electron chi connectivity index (χ4n) is 1.34. The van der Waals surface area contributed by atoms with E-state index in [1.54, 1.807) is 7.11 Å². The number of benzene rings is 1. The molecule has 0 spiro atoms. The first kappa shape index (κ1) is 13.4. The highest BCUT2D eigenvalue weighted by molar-refractivity contribution is 5.26. The molecule has 0 saturated carbocycles. The molecule has 0 radical (unpaired) electrons. The van der Waals surface area contributed by atoms with Crippen LogP contribution in [0.15, 0.2) is 29.4 Å². The van der Waals surface area contributed by atoms with Gasteiger partial charge in [-0.1, -0.05) is 17.2 Å². The van der Waals surface area contributed by atoms with Crippen LogP contribution in [0.4, 0.5) is 0 Å². The van der Waals surface area contributed by atoms with Crippen molar-refractivity contribution in [2.75, 3.05) is 20.3 Å². The van der Waals surface area contributed by atoms with Crippen molar-refractivity contribution in [2.45, 2.75) is 19.4 Å². The number of nitrogens with zero attached hydrogens (tertiary/aromatic N) is 3. The Balaban J connectivity index is 2.11. The smallest absolute Gasteiger partial charge is 0.118 e. The average Bonchev–Trinajstić information content (AvgIpc) is 2.38. The number of rotatable bonds is 8. The number of azide groups is 1. The van der Waals surface area contributed by atoms with Crippen LogP contribution >= 0.6 is 0 Å². The quantitative estimate of drug-likeness (QED) is 0.300. The molecule has 0 amide bonds. The van der Waals surface area contributed by atoms with Crippen LogP contribution in [-0.4, -0.2) is 20.3 Å². The van der Waals surface area contributed by atoms with Crippen molar-refractivity contribution in [1.29, 1.82) is 0 Å². The third-order valence-corrected chi connectivity index (χ3v) is 2.29. The second-order valence-corrected chi connectivity index (χ2v) is 3.56. The molecule has 0 saturated heterocycles. The topological polar surface area (TPSA) is 67.2 Å². The molecule has 0 aliphatic rings. The standard InChI is InChI=1S/C12H17N3O2/c1-16-12-6-4-11(5-7-12)10-17-9-3-2-8-14-15-13/h4-7H,2-3,8-10H2,1H3. The summed E-state index contributed by atoms with van der Waals surface area (Å²) in [4.78, 5) is 2.69. The van der Waals surface area contributed by atoms with Gasteiger partial charge in [0.2, 0.25) is 0 Å². The third-order valence-electron chi connectivity index (χ3n) is 2.29. The second kappa shape index (κ2) is 8.44. The summed E-state index contributed by atoms with van der Waals surface area (Å²) in [5, 5.41) is 3.46. The minimum absolute atomic E-state index is 0.544. The molecule has 0 fully saturated rings.